The average Bonchev–Trinajstić information content (AvgIpc) is 2.66. The van der Waals surface area contributed by atoms with Crippen molar-refractivity contribution in [3.63, 3.8) is 0 Å². The van der Waals surface area contributed by atoms with Crippen molar-refractivity contribution in [3.05, 3.63) is 17.4 Å². The largest absolute Gasteiger partial charge is 0.504 e. The number of phenols is 2. The Bertz CT molecular complexity index is 724. The van der Waals surface area contributed by atoms with Gasteiger partial charge in [0.05, 0.1) is 18.1 Å². The van der Waals surface area contributed by atoms with E-state index < -0.39 is 0 Å². The lowest BCUT2D eigenvalue weighted by Crippen LogP contribution is -2.25. The van der Waals surface area contributed by atoms with E-state index in [0.29, 0.717) is 35.1 Å². The van der Waals surface area contributed by atoms with Crippen molar-refractivity contribution in [2.45, 2.75) is 26.7 Å². The molecule has 0 saturated heterocycles. The Morgan fingerprint density at radius 2 is 2.00 bits per heavy atom. The minimum absolute atomic E-state index is 0.0293. The summed E-state index contributed by atoms with van der Waals surface area (Å²) in [5, 5.41) is 20.0. The highest BCUT2D eigenvalue weighted by atomic mass is 16.5. The smallest absolute Gasteiger partial charge is 0.201 e. The number of fused-ring (bicyclic) bond motifs is 3. The van der Waals surface area contributed by atoms with Crippen LogP contribution >= 0.6 is 0 Å². The van der Waals surface area contributed by atoms with Crippen LogP contribution in [0.1, 0.15) is 36.4 Å². The second-order valence-electron chi connectivity index (χ2n) is 5.99. The third-order valence-corrected chi connectivity index (χ3v) is 3.72. The first-order chi connectivity index (χ1) is 9.34. The molecule has 1 aliphatic carbocycles. The summed E-state index contributed by atoms with van der Waals surface area (Å²) in [6, 6.07) is 1.31. The van der Waals surface area contributed by atoms with Crippen LogP contribution in [0.3, 0.4) is 0 Å². The number of Topliss-reactive ketones (excluding diaryl/α,β-unsaturated/α-hetero) is 1. The van der Waals surface area contributed by atoms with Crippen LogP contribution < -0.4 is 4.74 Å². The van der Waals surface area contributed by atoms with Gasteiger partial charge >= 0.3 is 0 Å². The standard InChI is InChI=1S/C15H16O5/c1-15(2)5-8(17)11-10(6-15)20-9-4-7(16)13(18)14(19-3)12(9)11/h4,16,18H,5-6H2,1-3H3. The van der Waals surface area contributed by atoms with Crippen molar-refractivity contribution < 1.29 is 24.2 Å². The first kappa shape index (κ1) is 12.8. The van der Waals surface area contributed by atoms with E-state index in [1.165, 1.54) is 13.2 Å². The third-order valence-electron chi connectivity index (χ3n) is 3.72. The second kappa shape index (κ2) is 3.91. The predicted molar refractivity (Wildman–Crippen MR) is 72.5 cm³/mol. The Hall–Kier alpha value is -2.17. The number of rotatable bonds is 1. The van der Waals surface area contributed by atoms with Gasteiger partial charge in [-0.1, -0.05) is 13.8 Å². The van der Waals surface area contributed by atoms with Crippen molar-refractivity contribution in [2.24, 2.45) is 5.41 Å². The van der Waals surface area contributed by atoms with E-state index in [1.54, 1.807) is 0 Å². The van der Waals surface area contributed by atoms with E-state index >= 15 is 0 Å². The topological polar surface area (TPSA) is 79.9 Å². The summed E-state index contributed by atoms with van der Waals surface area (Å²) in [7, 11) is 1.38. The summed E-state index contributed by atoms with van der Waals surface area (Å²) in [5.74, 6) is -0.0608. The monoisotopic (exact) mass is 276 g/mol. The lowest BCUT2D eigenvalue weighted by molar-refractivity contribution is 0.0905. The number of hydrogen-bond acceptors (Lipinski definition) is 5. The Morgan fingerprint density at radius 3 is 2.65 bits per heavy atom. The van der Waals surface area contributed by atoms with E-state index in [1.807, 2.05) is 13.8 Å². The van der Waals surface area contributed by atoms with Crippen molar-refractivity contribution >= 4 is 16.8 Å². The quantitative estimate of drug-likeness (QED) is 0.783. The molecular formula is C15H16O5. The number of aromatic hydroxyl groups is 2. The van der Waals surface area contributed by atoms with Gasteiger partial charge in [-0.15, -0.1) is 0 Å². The second-order valence-corrected chi connectivity index (χ2v) is 5.99. The molecule has 5 nitrogen and oxygen atoms in total. The normalized spacial score (nSPS) is 17.2. The van der Waals surface area contributed by atoms with Crippen molar-refractivity contribution in [2.75, 3.05) is 7.11 Å². The van der Waals surface area contributed by atoms with Crippen molar-refractivity contribution in [3.8, 4) is 17.2 Å². The maximum absolute atomic E-state index is 12.4. The van der Waals surface area contributed by atoms with Crippen LogP contribution in [0.25, 0.3) is 11.0 Å². The first-order valence-electron chi connectivity index (χ1n) is 6.41. The third kappa shape index (κ3) is 1.66. The summed E-state index contributed by atoms with van der Waals surface area (Å²) >= 11 is 0. The molecule has 106 valence electrons. The van der Waals surface area contributed by atoms with Gasteiger partial charge in [0.25, 0.3) is 0 Å². The number of ketones is 1. The predicted octanol–water partition coefficient (Wildman–Crippen LogP) is 3.01. The number of hydrogen-bond donors (Lipinski definition) is 2. The molecule has 0 radical (unpaired) electrons. The van der Waals surface area contributed by atoms with E-state index in [4.69, 9.17) is 9.15 Å². The lowest BCUT2D eigenvalue weighted by Gasteiger charge is -2.27. The van der Waals surface area contributed by atoms with E-state index in [-0.39, 0.29) is 28.4 Å². The van der Waals surface area contributed by atoms with Crippen LogP contribution in [-0.4, -0.2) is 23.1 Å². The summed E-state index contributed by atoms with van der Waals surface area (Å²) < 4.78 is 10.8. The lowest BCUT2D eigenvalue weighted by atomic mass is 9.76. The Labute approximate surface area is 115 Å². The summed E-state index contributed by atoms with van der Waals surface area (Å²) in [4.78, 5) is 12.4. The molecular weight excluding hydrogens is 260 g/mol. The molecule has 5 heteroatoms. The zero-order chi connectivity index (χ0) is 14.7. The maximum atomic E-state index is 12.4. The highest BCUT2D eigenvalue weighted by Crippen LogP contribution is 2.48. The van der Waals surface area contributed by atoms with Crippen LogP contribution in [-0.2, 0) is 6.42 Å². The first-order valence-corrected chi connectivity index (χ1v) is 6.41. The van der Waals surface area contributed by atoms with Crippen molar-refractivity contribution in [1.29, 1.82) is 0 Å². The van der Waals surface area contributed by atoms with Gasteiger partial charge < -0.3 is 19.4 Å². The minimum atomic E-state index is -0.374. The molecule has 0 atom stereocenters. The molecule has 0 unspecified atom stereocenters. The highest BCUT2D eigenvalue weighted by Gasteiger charge is 2.37. The van der Waals surface area contributed by atoms with Crippen molar-refractivity contribution in [1.82, 2.24) is 0 Å². The van der Waals surface area contributed by atoms with Gasteiger partial charge in [-0.2, -0.15) is 0 Å². The SMILES string of the molecule is COc1c(O)c(O)cc2oc3c(c12)C(=O)CC(C)(C)C3. The molecule has 1 aliphatic rings. The van der Waals surface area contributed by atoms with Crippen LogP contribution in [0.5, 0.6) is 17.2 Å². The number of benzene rings is 1. The van der Waals surface area contributed by atoms with Gasteiger partial charge in [0.15, 0.2) is 17.3 Å². The number of ether oxygens (including phenoxy) is 1. The molecule has 20 heavy (non-hydrogen) atoms. The molecule has 1 aromatic heterocycles. The van der Waals surface area contributed by atoms with Crippen LogP contribution in [0.2, 0.25) is 0 Å². The Kier molecular flexibility index (Phi) is 2.51. The van der Waals surface area contributed by atoms with E-state index in [9.17, 15) is 15.0 Å². The van der Waals surface area contributed by atoms with Gasteiger partial charge in [0.2, 0.25) is 5.75 Å². The summed E-state index contributed by atoms with van der Waals surface area (Å²) in [6.07, 6.45) is 1.05. The number of furan rings is 1. The van der Waals surface area contributed by atoms with Crippen LogP contribution in [0.4, 0.5) is 0 Å². The Balaban J connectivity index is 2.38. The van der Waals surface area contributed by atoms with Gasteiger partial charge in [0.1, 0.15) is 11.3 Å². The fourth-order valence-corrected chi connectivity index (χ4v) is 2.89. The molecule has 0 aliphatic heterocycles. The minimum Gasteiger partial charge on any atom is -0.504 e. The molecule has 0 fully saturated rings. The summed E-state index contributed by atoms with van der Waals surface area (Å²) in [5.41, 5.74) is 0.662. The molecule has 0 saturated carbocycles. The molecule has 2 aromatic rings. The van der Waals surface area contributed by atoms with E-state index in [0.717, 1.165) is 0 Å². The molecule has 1 heterocycles. The summed E-state index contributed by atoms with van der Waals surface area (Å²) in [6.45, 7) is 4.01. The van der Waals surface area contributed by atoms with Gasteiger partial charge in [-0.3, -0.25) is 4.79 Å². The number of phenolic OH excluding ortho intramolecular Hbond substituents is 2. The van der Waals surface area contributed by atoms with Crippen LogP contribution in [0, 0.1) is 5.41 Å². The zero-order valence-electron chi connectivity index (χ0n) is 11.6. The average molecular weight is 276 g/mol. The van der Waals surface area contributed by atoms with Gasteiger partial charge in [0, 0.05) is 18.9 Å². The maximum Gasteiger partial charge on any atom is 0.201 e. The fraction of sp³-hybridized carbons (Fsp3) is 0.400. The number of carbonyl (C=O) groups is 1. The fourth-order valence-electron chi connectivity index (χ4n) is 2.89. The van der Waals surface area contributed by atoms with E-state index in [2.05, 4.69) is 0 Å². The molecule has 2 N–H and O–H groups in total. The molecule has 0 spiro atoms. The highest BCUT2D eigenvalue weighted by molar-refractivity contribution is 6.12. The molecule has 1 aromatic carbocycles. The van der Waals surface area contributed by atoms with Gasteiger partial charge in [-0.25, -0.2) is 0 Å². The Morgan fingerprint density at radius 1 is 1.30 bits per heavy atom. The zero-order valence-corrected chi connectivity index (χ0v) is 11.6. The molecule has 0 amide bonds. The number of methoxy groups -OCH3 is 1. The molecule has 3 rings (SSSR count). The van der Waals surface area contributed by atoms with Gasteiger partial charge in [-0.05, 0) is 5.41 Å². The molecule has 0 bridgehead atoms. The van der Waals surface area contributed by atoms with Crippen LogP contribution in [0.15, 0.2) is 10.5 Å². The number of carbonyl (C=O) groups excluding carboxylic acids is 1.